The fourth-order valence-electron chi connectivity index (χ4n) is 0.176. The fourth-order valence-corrected chi connectivity index (χ4v) is 0.474. The molecule has 4 heteroatoms. The number of aliphatic hydroxyl groups is 1. The first-order valence-corrected chi connectivity index (χ1v) is 2.22. The van der Waals surface area contributed by atoms with E-state index >= 15 is 0 Å². The summed E-state index contributed by atoms with van der Waals surface area (Å²) in [4.78, 5) is 3.41. The minimum absolute atomic E-state index is 0.690. The van der Waals surface area contributed by atoms with Crippen LogP contribution in [0.1, 0.15) is 0 Å². The Bertz CT molecular complexity index is 73.9. The van der Waals surface area contributed by atoms with Crippen LogP contribution in [-0.4, -0.2) is 17.1 Å². The van der Waals surface area contributed by atoms with E-state index in [4.69, 9.17) is 5.11 Å². The SMILES string of the molecule is OC1N=COS1. The lowest BCUT2D eigenvalue weighted by atomic mass is 11.2. The van der Waals surface area contributed by atoms with Crippen molar-refractivity contribution in [2.45, 2.75) is 5.56 Å². The molecule has 1 N–H and O–H groups in total. The molecule has 0 radical (unpaired) electrons. The van der Waals surface area contributed by atoms with Crippen LogP contribution in [0, 0.1) is 0 Å². The zero-order chi connectivity index (χ0) is 4.41. The van der Waals surface area contributed by atoms with E-state index in [9.17, 15) is 0 Å². The second-order valence-electron chi connectivity index (χ2n) is 0.773. The summed E-state index contributed by atoms with van der Waals surface area (Å²) in [6.07, 6.45) is 1.22. The number of aliphatic imine (C=N–C) groups is 1. The molecule has 0 saturated carbocycles. The minimum atomic E-state index is -0.690. The predicted molar refractivity (Wildman–Crippen MR) is 23.2 cm³/mol. The first-order valence-electron chi connectivity index (χ1n) is 1.41. The Morgan fingerprint density at radius 2 is 2.83 bits per heavy atom. The third-order valence-electron chi connectivity index (χ3n) is 0.373. The first kappa shape index (κ1) is 3.95. The zero-order valence-electron chi connectivity index (χ0n) is 2.87. The molecular weight excluding hydrogens is 102 g/mol. The number of nitrogens with zero attached hydrogens (tertiary/aromatic N) is 1. The van der Waals surface area contributed by atoms with Crippen molar-refractivity contribution in [2.24, 2.45) is 4.99 Å². The number of hydrogen-bond donors (Lipinski definition) is 1. The molecule has 1 rings (SSSR count). The maximum absolute atomic E-state index is 8.37. The van der Waals surface area contributed by atoms with Gasteiger partial charge in [0.1, 0.15) is 12.0 Å². The summed E-state index contributed by atoms with van der Waals surface area (Å²) in [5, 5.41) is 8.37. The van der Waals surface area contributed by atoms with Crippen LogP contribution in [0.25, 0.3) is 0 Å². The van der Waals surface area contributed by atoms with Crippen molar-refractivity contribution < 1.29 is 9.29 Å². The predicted octanol–water partition coefficient (Wildman–Crippen LogP) is -0.0310. The van der Waals surface area contributed by atoms with Crippen LogP contribution in [0.15, 0.2) is 4.99 Å². The highest BCUT2D eigenvalue weighted by Crippen LogP contribution is 2.13. The van der Waals surface area contributed by atoms with Crippen LogP contribution < -0.4 is 0 Å². The van der Waals surface area contributed by atoms with Crippen molar-refractivity contribution in [1.82, 2.24) is 0 Å². The minimum Gasteiger partial charge on any atom is -0.409 e. The van der Waals surface area contributed by atoms with Gasteiger partial charge in [0.25, 0.3) is 0 Å². The summed E-state index contributed by atoms with van der Waals surface area (Å²) in [5.41, 5.74) is -0.690. The molecule has 0 bridgehead atoms. The van der Waals surface area contributed by atoms with Crippen molar-refractivity contribution in [3.05, 3.63) is 0 Å². The number of aliphatic hydroxyl groups excluding tert-OH is 1. The van der Waals surface area contributed by atoms with Crippen LogP contribution in [-0.2, 0) is 4.18 Å². The molecule has 0 aromatic carbocycles. The lowest BCUT2D eigenvalue weighted by molar-refractivity contribution is 0.275. The van der Waals surface area contributed by atoms with Crippen LogP contribution in [0.5, 0.6) is 0 Å². The van der Waals surface area contributed by atoms with Gasteiger partial charge in [0.2, 0.25) is 5.56 Å². The summed E-state index contributed by atoms with van der Waals surface area (Å²) in [5.74, 6) is 0. The van der Waals surface area contributed by atoms with Gasteiger partial charge in [-0.05, 0) is 0 Å². The smallest absolute Gasteiger partial charge is 0.233 e. The van der Waals surface area contributed by atoms with E-state index in [-0.39, 0.29) is 0 Å². The Morgan fingerprint density at radius 1 is 2.00 bits per heavy atom. The Morgan fingerprint density at radius 3 is 3.00 bits per heavy atom. The van der Waals surface area contributed by atoms with E-state index < -0.39 is 5.56 Å². The standard InChI is InChI=1S/C2H3NO2S/c4-2-3-1-5-6-2/h1-2,4H. The van der Waals surface area contributed by atoms with Gasteiger partial charge < -0.3 is 9.29 Å². The van der Waals surface area contributed by atoms with E-state index in [1.807, 2.05) is 0 Å². The highest BCUT2D eigenvalue weighted by molar-refractivity contribution is 7.95. The second kappa shape index (κ2) is 1.49. The molecular formula is C2H3NO2S. The largest absolute Gasteiger partial charge is 0.409 e. The maximum Gasteiger partial charge on any atom is 0.233 e. The van der Waals surface area contributed by atoms with Crippen molar-refractivity contribution in [3.63, 3.8) is 0 Å². The van der Waals surface area contributed by atoms with Crippen LogP contribution in [0.2, 0.25) is 0 Å². The molecule has 34 valence electrons. The summed E-state index contributed by atoms with van der Waals surface area (Å²) < 4.78 is 4.43. The molecule has 1 unspecified atom stereocenters. The van der Waals surface area contributed by atoms with Gasteiger partial charge in [0, 0.05) is 0 Å². The molecule has 1 aliphatic rings. The van der Waals surface area contributed by atoms with Gasteiger partial charge >= 0.3 is 0 Å². The van der Waals surface area contributed by atoms with E-state index in [2.05, 4.69) is 9.18 Å². The summed E-state index contributed by atoms with van der Waals surface area (Å²) in [6.45, 7) is 0. The third-order valence-corrected chi connectivity index (χ3v) is 0.864. The van der Waals surface area contributed by atoms with Gasteiger partial charge in [-0.15, -0.1) is 0 Å². The first-order chi connectivity index (χ1) is 2.89. The highest BCUT2D eigenvalue weighted by atomic mass is 32.2. The summed E-state index contributed by atoms with van der Waals surface area (Å²) in [7, 11) is 0. The van der Waals surface area contributed by atoms with E-state index in [1.165, 1.54) is 6.40 Å². The molecule has 1 aliphatic heterocycles. The number of rotatable bonds is 0. The lowest BCUT2D eigenvalue weighted by Gasteiger charge is -1.85. The highest BCUT2D eigenvalue weighted by Gasteiger charge is 2.05. The summed E-state index contributed by atoms with van der Waals surface area (Å²) >= 11 is 0.931. The Hall–Kier alpha value is -0.220. The third kappa shape index (κ3) is 0.636. The quantitative estimate of drug-likeness (QED) is 0.440. The van der Waals surface area contributed by atoms with Crippen LogP contribution in [0.4, 0.5) is 0 Å². The average molecular weight is 105 g/mol. The van der Waals surface area contributed by atoms with Crippen molar-refractivity contribution in [3.8, 4) is 0 Å². The van der Waals surface area contributed by atoms with E-state index in [1.54, 1.807) is 0 Å². The Kier molecular flexibility index (Phi) is 0.979. The Labute approximate surface area is 39.2 Å². The molecule has 0 fully saturated rings. The van der Waals surface area contributed by atoms with Gasteiger partial charge in [-0.1, -0.05) is 0 Å². The zero-order valence-corrected chi connectivity index (χ0v) is 3.68. The van der Waals surface area contributed by atoms with Gasteiger partial charge in [-0.25, -0.2) is 4.99 Å². The topological polar surface area (TPSA) is 41.8 Å². The average Bonchev–Trinajstić information content (AvgIpc) is 1.86. The normalized spacial score (nSPS) is 30.5. The molecule has 0 amide bonds. The molecule has 0 aromatic rings. The molecule has 1 heterocycles. The fraction of sp³-hybridized carbons (Fsp3) is 0.500. The van der Waals surface area contributed by atoms with Crippen LogP contribution in [0.3, 0.4) is 0 Å². The molecule has 6 heavy (non-hydrogen) atoms. The van der Waals surface area contributed by atoms with Crippen molar-refractivity contribution in [1.29, 1.82) is 0 Å². The molecule has 1 atom stereocenters. The number of hydrogen-bond acceptors (Lipinski definition) is 4. The van der Waals surface area contributed by atoms with E-state index in [0.717, 1.165) is 12.0 Å². The van der Waals surface area contributed by atoms with Gasteiger partial charge in [-0.2, -0.15) is 0 Å². The molecule has 0 aromatic heterocycles. The monoisotopic (exact) mass is 105 g/mol. The van der Waals surface area contributed by atoms with Gasteiger partial charge in [0.05, 0.1) is 0 Å². The van der Waals surface area contributed by atoms with Crippen LogP contribution >= 0.6 is 12.0 Å². The van der Waals surface area contributed by atoms with Crippen molar-refractivity contribution >= 4 is 18.4 Å². The van der Waals surface area contributed by atoms with E-state index in [0.29, 0.717) is 0 Å². The molecule has 0 spiro atoms. The molecule has 0 aliphatic carbocycles. The Balaban J connectivity index is 2.38. The van der Waals surface area contributed by atoms with Crippen molar-refractivity contribution in [2.75, 3.05) is 0 Å². The molecule has 0 saturated heterocycles. The maximum atomic E-state index is 8.37. The second-order valence-corrected chi connectivity index (χ2v) is 1.58. The van der Waals surface area contributed by atoms with Gasteiger partial charge in [0.15, 0.2) is 6.40 Å². The molecule has 3 nitrogen and oxygen atoms in total. The lowest BCUT2D eigenvalue weighted by Crippen LogP contribution is -1.85. The van der Waals surface area contributed by atoms with Gasteiger partial charge in [-0.3, -0.25) is 0 Å². The summed E-state index contributed by atoms with van der Waals surface area (Å²) in [6, 6.07) is 0.